The Hall–Kier alpha value is -1.94. The molecular weight excluding hydrogens is 272 g/mol. The van der Waals surface area contributed by atoms with E-state index in [0.717, 1.165) is 33.9 Å². The minimum absolute atomic E-state index is 0.362. The summed E-state index contributed by atoms with van der Waals surface area (Å²) in [7, 11) is 0. The van der Waals surface area contributed by atoms with E-state index in [0.29, 0.717) is 12.4 Å². The predicted octanol–water partition coefficient (Wildman–Crippen LogP) is 3.23. The summed E-state index contributed by atoms with van der Waals surface area (Å²) in [5.74, 6) is 1.19. The highest BCUT2D eigenvalue weighted by atomic mass is 35.5. The maximum absolute atomic E-state index is 6.02. The van der Waals surface area contributed by atoms with Gasteiger partial charge in [0.25, 0.3) is 0 Å². The second-order valence-electron chi connectivity index (χ2n) is 4.81. The normalized spacial score (nSPS) is 11.2. The average molecular weight is 287 g/mol. The zero-order chi connectivity index (χ0) is 14.1. The van der Waals surface area contributed by atoms with Crippen molar-refractivity contribution in [1.82, 2.24) is 19.5 Å². The standard InChI is InChI=1S/C15H15ClN4/c1-10-4-3-7-17-13(10)9-20-14(8-16)19-12-6-5-11(2)18-15(12)20/h3-7H,8-9H2,1-2H3. The molecule has 0 amide bonds. The summed E-state index contributed by atoms with van der Waals surface area (Å²) in [4.78, 5) is 13.6. The van der Waals surface area contributed by atoms with Gasteiger partial charge in [0.15, 0.2) is 5.65 Å². The summed E-state index contributed by atoms with van der Waals surface area (Å²) in [5, 5.41) is 0. The number of aromatic nitrogens is 4. The van der Waals surface area contributed by atoms with Crippen molar-refractivity contribution in [1.29, 1.82) is 0 Å². The van der Waals surface area contributed by atoms with Gasteiger partial charge in [-0.15, -0.1) is 11.6 Å². The van der Waals surface area contributed by atoms with Crippen LogP contribution in [0.3, 0.4) is 0 Å². The van der Waals surface area contributed by atoms with E-state index < -0.39 is 0 Å². The maximum Gasteiger partial charge on any atom is 0.160 e. The lowest BCUT2D eigenvalue weighted by molar-refractivity contribution is 0.745. The van der Waals surface area contributed by atoms with Crippen LogP contribution in [0.25, 0.3) is 11.2 Å². The third-order valence-corrected chi connectivity index (χ3v) is 3.59. The molecule has 0 fully saturated rings. The van der Waals surface area contributed by atoms with Crippen LogP contribution in [0.1, 0.15) is 22.8 Å². The van der Waals surface area contributed by atoms with Crippen LogP contribution in [-0.4, -0.2) is 19.5 Å². The van der Waals surface area contributed by atoms with Gasteiger partial charge in [0, 0.05) is 11.9 Å². The van der Waals surface area contributed by atoms with Crippen LogP contribution in [-0.2, 0) is 12.4 Å². The predicted molar refractivity (Wildman–Crippen MR) is 79.9 cm³/mol. The zero-order valence-corrected chi connectivity index (χ0v) is 12.2. The molecule has 0 aromatic carbocycles. The van der Waals surface area contributed by atoms with E-state index in [1.807, 2.05) is 29.7 Å². The van der Waals surface area contributed by atoms with Crippen molar-refractivity contribution in [3.63, 3.8) is 0 Å². The maximum atomic E-state index is 6.02. The van der Waals surface area contributed by atoms with Crippen LogP contribution in [0.2, 0.25) is 0 Å². The van der Waals surface area contributed by atoms with E-state index >= 15 is 0 Å². The van der Waals surface area contributed by atoms with E-state index in [4.69, 9.17) is 11.6 Å². The van der Waals surface area contributed by atoms with Crippen LogP contribution in [0, 0.1) is 13.8 Å². The largest absolute Gasteiger partial charge is 0.306 e. The fourth-order valence-corrected chi connectivity index (χ4v) is 2.45. The molecule has 3 aromatic rings. The number of hydrogen-bond acceptors (Lipinski definition) is 3. The number of nitrogens with zero attached hydrogens (tertiary/aromatic N) is 4. The molecule has 0 unspecified atom stereocenters. The van der Waals surface area contributed by atoms with Crippen LogP contribution < -0.4 is 0 Å². The topological polar surface area (TPSA) is 43.6 Å². The van der Waals surface area contributed by atoms with Crippen molar-refractivity contribution >= 4 is 22.8 Å². The lowest BCUT2D eigenvalue weighted by Gasteiger charge is -2.09. The van der Waals surface area contributed by atoms with Gasteiger partial charge in [0.2, 0.25) is 0 Å². The molecular formula is C15H15ClN4. The fraction of sp³-hybridized carbons (Fsp3) is 0.267. The Balaban J connectivity index is 2.14. The first-order valence-electron chi connectivity index (χ1n) is 6.48. The minimum atomic E-state index is 0.362. The highest BCUT2D eigenvalue weighted by Crippen LogP contribution is 2.18. The summed E-state index contributed by atoms with van der Waals surface area (Å²) < 4.78 is 2.05. The molecule has 5 heteroatoms. The van der Waals surface area contributed by atoms with Gasteiger partial charge in [-0.25, -0.2) is 9.97 Å². The Kier molecular flexibility index (Phi) is 3.40. The van der Waals surface area contributed by atoms with E-state index in [9.17, 15) is 0 Å². The van der Waals surface area contributed by atoms with E-state index in [2.05, 4.69) is 27.9 Å². The fourth-order valence-electron chi connectivity index (χ4n) is 2.25. The van der Waals surface area contributed by atoms with Gasteiger partial charge in [-0.1, -0.05) is 6.07 Å². The number of rotatable bonds is 3. The summed E-state index contributed by atoms with van der Waals surface area (Å²) in [6, 6.07) is 7.94. The van der Waals surface area contributed by atoms with Gasteiger partial charge in [0.1, 0.15) is 11.3 Å². The third-order valence-electron chi connectivity index (χ3n) is 3.36. The number of fused-ring (bicyclic) bond motifs is 1. The molecule has 3 rings (SSSR count). The van der Waals surface area contributed by atoms with Crippen LogP contribution in [0.4, 0.5) is 0 Å². The van der Waals surface area contributed by atoms with E-state index in [1.54, 1.807) is 6.20 Å². The Morgan fingerprint density at radius 2 is 2.00 bits per heavy atom. The first-order valence-corrected chi connectivity index (χ1v) is 7.01. The smallest absolute Gasteiger partial charge is 0.160 e. The molecule has 0 atom stereocenters. The van der Waals surface area contributed by atoms with E-state index in [-0.39, 0.29) is 0 Å². The number of imidazole rings is 1. The Labute approximate surface area is 122 Å². The van der Waals surface area contributed by atoms with Gasteiger partial charge in [0.05, 0.1) is 18.1 Å². The van der Waals surface area contributed by atoms with Crippen molar-refractivity contribution in [3.05, 3.63) is 53.2 Å². The van der Waals surface area contributed by atoms with Crippen LogP contribution in [0.15, 0.2) is 30.5 Å². The van der Waals surface area contributed by atoms with Crippen molar-refractivity contribution in [3.8, 4) is 0 Å². The van der Waals surface area contributed by atoms with Crippen molar-refractivity contribution in [2.24, 2.45) is 0 Å². The molecule has 3 aromatic heterocycles. The van der Waals surface area contributed by atoms with Crippen molar-refractivity contribution < 1.29 is 0 Å². The average Bonchev–Trinajstić information content (AvgIpc) is 2.79. The Bertz CT molecular complexity index is 764. The number of pyridine rings is 2. The van der Waals surface area contributed by atoms with E-state index in [1.165, 1.54) is 0 Å². The molecule has 0 aliphatic carbocycles. The molecule has 0 N–H and O–H groups in total. The number of hydrogen-bond donors (Lipinski definition) is 0. The second-order valence-corrected chi connectivity index (χ2v) is 5.08. The monoisotopic (exact) mass is 286 g/mol. The van der Waals surface area contributed by atoms with Gasteiger partial charge in [-0.05, 0) is 37.6 Å². The van der Waals surface area contributed by atoms with Crippen LogP contribution in [0.5, 0.6) is 0 Å². The molecule has 0 saturated carbocycles. The molecule has 0 aliphatic heterocycles. The molecule has 0 spiro atoms. The number of aryl methyl sites for hydroxylation is 2. The van der Waals surface area contributed by atoms with Crippen molar-refractivity contribution in [2.75, 3.05) is 0 Å². The molecule has 0 aliphatic rings. The highest BCUT2D eigenvalue weighted by Gasteiger charge is 2.13. The lowest BCUT2D eigenvalue weighted by atomic mass is 10.2. The first-order chi connectivity index (χ1) is 9.69. The Morgan fingerprint density at radius 1 is 1.15 bits per heavy atom. The van der Waals surface area contributed by atoms with Gasteiger partial charge >= 0.3 is 0 Å². The first kappa shape index (κ1) is 13.1. The molecule has 0 bridgehead atoms. The highest BCUT2D eigenvalue weighted by molar-refractivity contribution is 6.16. The Morgan fingerprint density at radius 3 is 2.75 bits per heavy atom. The van der Waals surface area contributed by atoms with Crippen LogP contribution >= 0.6 is 11.6 Å². The van der Waals surface area contributed by atoms with Crippen molar-refractivity contribution in [2.45, 2.75) is 26.3 Å². The number of halogens is 1. The van der Waals surface area contributed by atoms with Gasteiger partial charge < -0.3 is 4.57 Å². The quantitative estimate of drug-likeness (QED) is 0.694. The summed E-state index contributed by atoms with van der Waals surface area (Å²) >= 11 is 6.02. The minimum Gasteiger partial charge on any atom is -0.306 e. The zero-order valence-electron chi connectivity index (χ0n) is 11.5. The molecule has 4 nitrogen and oxygen atoms in total. The molecule has 0 radical (unpaired) electrons. The van der Waals surface area contributed by atoms with Gasteiger partial charge in [-0.2, -0.15) is 0 Å². The van der Waals surface area contributed by atoms with Gasteiger partial charge in [-0.3, -0.25) is 4.98 Å². The summed E-state index contributed by atoms with van der Waals surface area (Å²) in [6.45, 7) is 4.67. The SMILES string of the molecule is Cc1ccc2nc(CCl)n(Cc3ncccc3C)c2n1. The molecule has 20 heavy (non-hydrogen) atoms. The number of alkyl halides is 1. The molecule has 102 valence electrons. The second kappa shape index (κ2) is 5.21. The molecule has 3 heterocycles. The molecule has 0 saturated heterocycles. The summed E-state index contributed by atoms with van der Waals surface area (Å²) in [6.07, 6.45) is 1.81. The lowest BCUT2D eigenvalue weighted by Crippen LogP contribution is -2.07. The third kappa shape index (κ3) is 2.27. The summed E-state index contributed by atoms with van der Waals surface area (Å²) in [5.41, 5.74) is 4.88.